The van der Waals surface area contributed by atoms with Crippen LogP contribution in [0.1, 0.15) is 55.1 Å². The topological polar surface area (TPSA) is 80.9 Å². The molecular weight excluding hydrogens is 318 g/mol. The minimum atomic E-state index is -0.0148. The van der Waals surface area contributed by atoms with Gasteiger partial charge in [0.1, 0.15) is 11.6 Å². The molecule has 0 aliphatic carbocycles. The molecule has 25 heavy (non-hydrogen) atoms. The van der Waals surface area contributed by atoms with E-state index in [1.165, 1.54) is 0 Å². The summed E-state index contributed by atoms with van der Waals surface area (Å²) in [6.45, 7) is 6.82. The van der Waals surface area contributed by atoms with Crippen molar-refractivity contribution in [2.75, 3.05) is 7.05 Å². The fraction of sp³-hybridized carbons (Fsp3) is 0.647. The summed E-state index contributed by atoms with van der Waals surface area (Å²) in [5.41, 5.74) is 2.17. The van der Waals surface area contributed by atoms with Crippen LogP contribution in [-0.2, 0) is 25.4 Å². The Kier molecular flexibility index (Phi) is 4.64. The fourth-order valence-corrected chi connectivity index (χ4v) is 3.54. The minimum absolute atomic E-state index is 0.0148. The van der Waals surface area contributed by atoms with E-state index in [1.54, 1.807) is 0 Å². The van der Waals surface area contributed by atoms with Crippen molar-refractivity contribution < 1.29 is 4.79 Å². The lowest BCUT2D eigenvalue weighted by molar-refractivity contribution is -0.127. The molecule has 1 aliphatic heterocycles. The van der Waals surface area contributed by atoms with Gasteiger partial charge in [0.05, 0.1) is 18.8 Å². The lowest BCUT2D eigenvalue weighted by Gasteiger charge is -2.25. The van der Waals surface area contributed by atoms with Crippen LogP contribution in [0.15, 0.2) is 6.20 Å². The first-order valence-corrected chi connectivity index (χ1v) is 8.67. The van der Waals surface area contributed by atoms with Crippen LogP contribution in [0.3, 0.4) is 0 Å². The first-order valence-electron chi connectivity index (χ1n) is 8.67. The highest BCUT2D eigenvalue weighted by Crippen LogP contribution is 2.33. The number of aryl methyl sites for hydroxylation is 1. The van der Waals surface area contributed by atoms with E-state index in [-0.39, 0.29) is 18.0 Å². The smallest absolute Gasteiger partial charge is 0.224 e. The standard InChI is InChI=1S/C17H27N7O/c1-10(2)17-21-20-14(22(17)4)9-18-13-7-15(25)23(5)16(13)12-8-19-24(6)11(12)3/h8,10,13,16,18H,7,9H2,1-6H3/t13-,16+/m1/s1. The number of aromatic nitrogens is 5. The van der Waals surface area contributed by atoms with Gasteiger partial charge in [-0.3, -0.25) is 9.48 Å². The average molecular weight is 345 g/mol. The van der Waals surface area contributed by atoms with E-state index < -0.39 is 0 Å². The summed E-state index contributed by atoms with van der Waals surface area (Å²) in [6.07, 6.45) is 2.34. The zero-order chi connectivity index (χ0) is 18.3. The number of likely N-dealkylation sites (N-methyl/N-ethyl adjacent to an activating group) is 1. The zero-order valence-electron chi connectivity index (χ0n) is 15.8. The second-order valence-electron chi connectivity index (χ2n) is 7.14. The van der Waals surface area contributed by atoms with E-state index in [0.717, 1.165) is 22.9 Å². The van der Waals surface area contributed by atoms with Crippen molar-refractivity contribution in [1.82, 2.24) is 34.8 Å². The van der Waals surface area contributed by atoms with Crippen LogP contribution in [-0.4, -0.2) is 48.4 Å². The normalized spacial score (nSPS) is 20.9. The number of carbonyl (C=O) groups excluding carboxylic acids is 1. The largest absolute Gasteiger partial charge is 0.337 e. The molecule has 0 aromatic carbocycles. The van der Waals surface area contributed by atoms with Crippen molar-refractivity contribution in [3.63, 3.8) is 0 Å². The van der Waals surface area contributed by atoms with Gasteiger partial charge >= 0.3 is 0 Å². The summed E-state index contributed by atoms with van der Waals surface area (Å²) in [5.74, 6) is 2.33. The van der Waals surface area contributed by atoms with E-state index in [4.69, 9.17) is 0 Å². The second kappa shape index (κ2) is 6.59. The highest BCUT2D eigenvalue weighted by Gasteiger charge is 2.39. The first-order chi connectivity index (χ1) is 11.8. The summed E-state index contributed by atoms with van der Waals surface area (Å²) in [4.78, 5) is 14.1. The maximum Gasteiger partial charge on any atom is 0.224 e. The van der Waals surface area contributed by atoms with Crippen LogP contribution in [0.2, 0.25) is 0 Å². The van der Waals surface area contributed by atoms with Crippen LogP contribution in [0, 0.1) is 6.92 Å². The molecule has 0 bridgehead atoms. The minimum Gasteiger partial charge on any atom is -0.337 e. The number of nitrogens with zero attached hydrogens (tertiary/aromatic N) is 6. The average Bonchev–Trinajstić information content (AvgIpc) is 3.17. The third kappa shape index (κ3) is 3.06. The van der Waals surface area contributed by atoms with Gasteiger partial charge in [-0.1, -0.05) is 13.8 Å². The van der Waals surface area contributed by atoms with Crippen molar-refractivity contribution in [2.24, 2.45) is 14.1 Å². The Bertz CT molecular complexity index is 776. The molecule has 1 amide bonds. The number of nitrogens with one attached hydrogen (secondary N) is 1. The zero-order valence-corrected chi connectivity index (χ0v) is 15.8. The molecule has 3 heterocycles. The van der Waals surface area contributed by atoms with Gasteiger partial charge < -0.3 is 14.8 Å². The fourth-order valence-electron chi connectivity index (χ4n) is 3.54. The van der Waals surface area contributed by atoms with E-state index in [2.05, 4.69) is 34.5 Å². The molecule has 1 N–H and O–H groups in total. The number of carbonyl (C=O) groups is 1. The lowest BCUT2D eigenvalue weighted by Crippen LogP contribution is -2.35. The first kappa shape index (κ1) is 17.6. The molecule has 2 aromatic rings. The predicted molar refractivity (Wildman–Crippen MR) is 93.8 cm³/mol. The molecule has 2 aromatic heterocycles. The van der Waals surface area contributed by atoms with Gasteiger partial charge in [0.2, 0.25) is 5.91 Å². The van der Waals surface area contributed by atoms with E-state index >= 15 is 0 Å². The molecule has 1 saturated heterocycles. The van der Waals surface area contributed by atoms with Gasteiger partial charge in [0.15, 0.2) is 0 Å². The van der Waals surface area contributed by atoms with Gasteiger partial charge in [0, 0.05) is 50.8 Å². The van der Waals surface area contributed by atoms with Gasteiger partial charge in [-0.05, 0) is 6.92 Å². The van der Waals surface area contributed by atoms with Crippen LogP contribution in [0.4, 0.5) is 0 Å². The van der Waals surface area contributed by atoms with E-state index in [9.17, 15) is 4.79 Å². The maximum absolute atomic E-state index is 12.3. The monoisotopic (exact) mass is 345 g/mol. The molecule has 8 nitrogen and oxygen atoms in total. The predicted octanol–water partition coefficient (Wildman–Crippen LogP) is 1.04. The van der Waals surface area contributed by atoms with Crippen LogP contribution < -0.4 is 5.32 Å². The van der Waals surface area contributed by atoms with Gasteiger partial charge in [-0.25, -0.2) is 0 Å². The third-order valence-corrected chi connectivity index (χ3v) is 5.22. The SMILES string of the molecule is Cc1c([C@H]2[C@H](NCc3nnc(C(C)C)n3C)CC(=O)N2C)cnn1C. The Morgan fingerprint density at radius 2 is 2.00 bits per heavy atom. The quantitative estimate of drug-likeness (QED) is 0.876. The van der Waals surface area contributed by atoms with Crippen molar-refractivity contribution in [2.45, 2.75) is 51.7 Å². The van der Waals surface area contributed by atoms with Crippen molar-refractivity contribution in [1.29, 1.82) is 0 Å². The molecule has 1 fully saturated rings. The van der Waals surface area contributed by atoms with E-state index in [0.29, 0.717) is 18.9 Å². The third-order valence-electron chi connectivity index (χ3n) is 5.22. The maximum atomic E-state index is 12.3. The summed E-state index contributed by atoms with van der Waals surface area (Å²) in [7, 11) is 5.77. The summed E-state index contributed by atoms with van der Waals surface area (Å²) in [6, 6.07) is 0.0126. The molecule has 2 atom stereocenters. The summed E-state index contributed by atoms with van der Waals surface area (Å²) in [5, 5.41) is 16.4. The Morgan fingerprint density at radius 3 is 2.56 bits per heavy atom. The Labute approximate surface area is 148 Å². The molecule has 8 heteroatoms. The van der Waals surface area contributed by atoms with Gasteiger partial charge in [-0.2, -0.15) is 5.10 Å². The number of amides is 1. The number of likely N-dealkylation sites (tertiary alicyclic amines) is 1. The Balaban J connectivity index is 1.79. The van der Waals surface area contributed by atoms with Crippen molar-refractivity contribution >= 4 is 5.91 Å². The molecule has 0 radical (unpaired) electrons. The highest BCUT2D eigenvalue weighted by atomic mass is 16.2. The number of rotatable bonds is 5. The molecular formula is C17H27N7O. The molecule has 136 valence electrons. The molecule has 1 aliphatic rings. The molecule has 3 rings (SSSR count). The summed E-state index contributed by atoms with van der Waals surface area (Å²) >= 11 is 0. The molecule has 0 saturated carbocycles. The highest BCUT2D eigenvalue weighted by molar-refractivity contribution is 5.80. The van der Waals surface area contributed by atoms with E-state index in [1.807, 2.05) is 48.4 Å². The summed E-state index contributed by atoms with van der Waals surface area (Å²) < 4.78 is 3.88. The van der Waals surface area contributed by atoms with Crippen LogP contribution in [0.25, 0.3) is 0 Å². The van der Waals surface area contributed by atoms with Gasteiger partial charge in [-0.15, -0.1) is 10.2 Å². The van der Waals surface area contributed by atoms with Crippen molar-refractivity contribution in [3.05, 3.63) is 29.1 Å². The van der Waals surface area contributed by atoms with Gasteiger partial charge in [0.25, 0.3) is 0 Å². The molecule has 0 spiro atoms. The number of hydrogen-bond donors (Lipinski definition) is 1. The number of hydrogen-bond acceptors (Lipinski definition) is 5. The van der Waals surface area contributed by atoms with Crippen LogP contribution >= 0.6 is 0 Å². The second-order valence-corrected chi connectivity index (χ2v) is 7.14. The van der Waals surface area contributed by atoms with Crippen LogP contribution in [0.5, 0.6) is 0 Å². The molecule has 0 unspecified atom stereocenters. The Morgan fingerprint density at radius 1 is 1.28 bits per heavy atom. The van der Waals surface area contributed by atoms with Crippen molar-refractivity contribution in [3.8, 4) is 0 Å². The lowest BCUT2D eigenvalue weighted by atomic mass is 10.0. The Hall–Kier alpha value is -2.22.